The molecule has 2 aromatic rings. The van der Waals surface area contributed by atoms with Gasteiger partial charge in [-0.05, 0) is 35.0 Å². The van der Waals surface area contributed by atoms with Crippen molar-refractivity contribution in [3.05, 3.63) is 33.9 Å². The summed E-state index contributed by atoms with van der Waals surface area (Å²) in [4.78, 5) is 14.8. The highest BCUT2D eigenvalue weighted by Gasteiger charge is 2.22. The zero-order valence-electron chi connectivity index (χ0n) is 12.1. The number of nitrogens with zero attached hydrogens (tertiary/aromatic N) is 4. The van der Waals surface area contributed by atoms with Crippen molar-refractivity contribution >= 4 is 38.6 Å². The van der Waals surface area contributed by atoms with Gasteiger partial charge in [0, 0.05) is 7.05 Å². The Morgan fingerprint density at radius 3 is 2.95 bits per heavy atom. The summed E-state index contributed by atoms with van der Waals surface area (Å²) in [5, 5.41) is 6.02. The lowest BCUT2D eigenvalue weighted by Crippen LogP contribution is -2.20. The van der Waals surface area contributed by atoms with Gasteiger partial charge in [-0.2, -0.15) is 11.5 Å². The van der Waals surface area contributed by atoms with Gasteiger partial charge in [-0.3, -0.25) is 9.48 Å². The summed E-state index contributed by atoms with van der Waals surface area (Å²) in [6, 6.07) is 2.93. The van der Waals surface area contributed by atoms with Crippen molar-refractivity contribution in [2.45, 2.75) is 13.3 Å². The van der Waals surface area contributed by atoms with Gasteiger partial charge < -0.3 is 4.74 Å². The lowest BCUT2D eigenvalue weighted by molar-refractivity contribution is -0.142. The third-order valence-electron chi connectivity index (χ3n) is 3.07. The summed E-state index contributed by atoms with van der Waals surface area (Å²) in [5.74, 6) is -0.495. The van der Waals surface area contributed by atoms with E-state index in [4.69, 9.17) is 11.3 Å². The zero-order chi connectivity index (χ0) is 16.3. The Morgan fingerprint density at radius 1 is 1.59 bits per heavy atom. The van der Waals surface area contributed by atoms with Crippen LogP contribution in [-0.4, -0.2) is 28.9 Å². The normalized spacial score (nSPS) is 10.5. The summed E-state index contributed by atoms with van der Waals surface area (Å²) in [7, 11) is 1.71. The van der Waals surface area contributed by atoms with Crippen LogP contribution >= 0.6 is 15.9 Å². The van der Waals surface area contributed by atoms with Crippen molar-refractivity contribution in [1.29, 1.82) is 0 Å². The summed E-state index contributed by atoms with van der Waals surface area (Å²) < 4.78 is 20.5. The quantitative estimate of drug-likeness (QED) is 0.462. The number of benzene rings is 1. The molecule has 116 valence electrons. The number of aryl methyl sites for hydroxylation is 1. The molecule has 8 heteroatoms. The van der Waals surface area contributed by atoms with Gasteiger partial charge in [0.25, 0.3) is 0 Å². The van der Waals surface area contributed by atoms with E-state index in [0.29, 0.717) is 27.8 Å². The highest BCUT2D eigenvalue weighted by atomic mass is 79.9. The Kier molecular flexibility index (Phi) is 4.98. The van der Waals surface area contributed by atoms with Gasteiger partial charge in [0.2, 0.25) is 5.82 Å². The first-order chi connectivity index (χ1) is 10.5. The fourth-order valence-electron chi connectivity index (χ4n) is 2.06. The number of hydrogen-bond donors (Lipinski definition) is 0. The largest absolute Gasteiger partial charge is 0.466 e. The molecule has 1 aromatic heterocycles. The number of esters is 1. The van der Waals surface area contributed by atoms with Crippen LogP contribution in [0.4, 0.5) is 10.2 Å². The minimum absolute atomic E-state index is 0.0628. The molecule has 0 unspecified atom stereocenters. The number of hydrogen-bond acceptors (Lipinski definition) is 4. The van der Waals surface area contributed by atoms with Crippen LogP contribution in [0.15, 0.2) is 16.6 Å². The first kappa shape index (κ1) is 16.2. The summed E-state index contributed by atoms with van der Waals surface area (Å²) in [6.45, 7) is 9.42. The zero-order valence-corrected chi connectivity index (χ0v) is 13.7. The van der Waals surface area contributed by atoms with Crippen LogP contribution in [0.25, 0.3) is 15.9 Å². The van der Waals surface area contributed by atoms with Crippen molar-refractivity contribution in [2.75, 3.05) is 18.2 Å². The van der Waals surface area contributed by atoms with Crippen molar-refractivity contribution in [3.8, 4) is 0 Å². The van der Waals surface area contributed by atoms with Crippen LogP contribution in [-0.2, 0) is 16.6 Å². The molecule has 6 nitrogen and oxygen atoms in total. The van der Waals surface area contributed by atoms with Crippen LogP contribution in [0.3, 0.4) is 0 Å². The molecule has 0 fully saturated rings. The topological polar surface area (TPSA) is 51.7 Å². The standard InChI is InChI=1S/C14H14BrFN4O2/c1-4-22-13(21)5-6-20(17-2)14-9-7-11(16)10(15)8-12(9)19(3)18-14/h7-8H,4-6H2,1,3H3. The highest BCUT2D eigenvalue weighted by Crippen LogP contribution is 2.30. The number of halogens is 2. The molecular weight excluding hydrogens is 355 g/mol. The van der Waals surface area contributed by atoms with Gasteiger partial charge in [-0.15, -0.1) is 5.10 Å². The van der Waals surface area contributed by atoms with Gasteiger partial charge in [-0.1, -0.05) is 5.01 Å². The Morgan fingerprint density at radius 2 is 2.32 bits per heavy atom. The fourth-order valence-corrected chi connectivity index (χ4v) is 2.39. The molecular formula is C14H14BrFN4O2. The Balaban J connectivity index is 2.34. The van der Waals surface area contributed by atoms with Crippen molar-refractivity contribution < 1.29 is 13.9 Å². The average molecular weight is 369 g/mol. The second kappa shape index (κ2) is 6.75. The number of aromatic nitrogens is 2. The lowest BCUT2D eigenvalue weighted by Gasteiger charge is -2.07. The third-order valence-corrected chi connectivity index (χ3v) is 3.68. The van der Waals surface area contributed by atoms with E-state index in [2.05, 4.69) is 26.0 Å². The van der Waals surface area contributed by atoms with Crippen molar-refractivity contribution in [1.82, 2.24) is 9.78 Å². The second-order valence-electron chi connectivity index (χ2n) is 4.51. The van der Waals surface area contributed by atoms with E-state index >= 15 is 0 Å². The van der Waals surface area contributed by atoms with Crippen LogP contribution in [0.2, 0.25) is 0 Å². The minimum Gasteiger partial charge on any atom is -0.466 e. The lowest BCUT2D eigenvalue weighted by atomic mass is 10.2. The molecule has 0 aliphatic rings. The van der Waals surface area contributed by atoms with E-state index in [9.17, 15) is 9.18 Å². The molecule has 0 aliphatic heterocycles. The molecule has 2 rings (SSSR count). The van der Waals surface area contributed by atoms with E-state index < -0.39 is 5.82 Å². The number of carbonyl (C=O) groups is 1. The number of ether oxygens (including phenoxy) is 1. The molecule has 0 bridgehead atoms. The van der Waals surface area contributed by atoms with Crippen LogP contribution in [0, 0.1) is 12.4 Å². The van der Waals surface area contributed by atoms with Gasteiger partial charge >= 0.3 is 5.97 Å². The van der Waals surface area contributed by atoms with Gasteiger partial charge in [-0.25, -0.2) is 4.39 Å². The molecule has 0 atom stereocenters. The molecule has 0 saturated heterocycles. The van der Waals surface area contributed by atoms with E-state index in [1.807, 2.05) is 0 Å². The average Bonchev–Trinajstić information content (AvgIpc) is 2.78. The summed E-state index contributed by atoms with van der Waals surface area (Å²) >= 11 is 3.13. The van der Waals surface area contributed by atoms with Gasteiger partial charge in [0.1, 0.15) is 12.4 Å². The van der Waals surface area contributed by atoms with Gasteiger partial charge in [0.05, 0.1) is 28.4 Å². The molecule has 0 spiro atoms. The monoisotopic (exact) mass is 368 g/mol. The number of fused-ring (bicyclic) bond motifs is 1. The van der Waals surface area contributed by atoms with E-state index in [1.54, 1.807) is 24.7 Å². The first-order valence-electron chi connectivity index (χ1n) is 6.60. The maximum Gasteiger partial charge on any atom is 0.307 e. The molecule has 1 aromatic carbocycles. The summed E-state index contributed by atoms with van der Waals surface area (Å²) in [5.41, 5.74) is 0.688. The van der Waals surface area contributed by atoms with E-state index in [0.717, 1.165) is 0 Å². The molecule has 0 N–H and O–H groups in total. The Hall–Kier alpha value is -2.14. The van der Waals surface area contributed by atoms with Gasteiger partial charge in [0.15, 0.2) is 0 Å². The molecule has 1 heterocycles. The Labute approximate surface area is 135 Å². The molecule has 0 saturated carbocycles. The number of anilines is 1. The van der Waals surface area contributed by atoms with E-state index in [-0.39, 0.29) is 18.9 Å². The molecule has 0 radical (unpaired) electrons. The smallest absolute Gasteiger partial charge is 0.307 e. The predicted molar refractivity (Wildman–Crippen MR) is 83.6 cm³/mol. The van der Waals surface area contributed by atoms with E-state index in [1.165, 1.54) is 11.1 Å². The Bertz CT molecular complexity index is 753. The SMILES string of the molecule is [C-]#[N+]N(CCC(=O)OCC)c1nn(C)c2cc(Br)c(F)cc12. The fraction of sp³-hybridized carbons (Fsp3) is 0.357. The number of rotatable bonds is 5. The van der Waals surface area contributed by atoms with Crippen LogP contribution in [0.5, 0.6) is 0 Å². The van der Waals surface area contributed by atoms with Crippen LogP contribution in [0.1, 0.15) is 13.3 Å². The predicted octanol–water partition coefficient (Wildman–Crippen LogP) is 3.07. The first-order valence-corrected chi connectivity index (χ1v) is 7.39. The third kappa shape index (κ3) is 3.20. The minimum atomic E-state index is -0.433. The van der Waals surface area contributed by atoms with Crippen LogP contribution < -0.4 is 5.01 Å². The molecule has 0 amide bonds. The maximum absolute atomic E-state index is 13.8. The molecule has 22 heavy (non-hydrogen) atoms. The highest BCUT2D eigenvalue weighted by molar-refractivity contribution is 9.10. The summed E-state index contributed by atoms with van der Waals surface area (Å²) in [6.07, 6.45) is 0.0628. The van der Waals surface area contributed by atoms with Crippen molar-refractivity contribution in [3.63, 3.8) is 0 Å². The number of carbonyl (C=O) groups excluding carboxylic acids is 1. The maximum atomic E-state index is 13.8. The second-order valence-corrected chi connectivity index (χ2v) is 5.36. The molecule has 0 aliphatic carbocycles. The van der Waals surface area contributed by atoms with Crippen molar-refractivity contribution in [2.24, 2.45) is 7.05 Å².